The summed E-state index contributed by atoms with van der Waals surface area (Å²) < 4.78 is 0. The predicted octanol–water partition coefficient (Wildman–Crippen LogP) is 1.80. The second-order valence-electron chi connectivity index (χ2n) is 8.11. The van der Waals surface area contributed by atoms with Crippen LogP contribution in [0.15, 0.2) is 23.3 Å². The highest BCUT2D eigenvalue weighted by atomic mass is 16.3. The van der Waals surface area contributed by atoms with Crippen LogP contribution in [0.1, 0.15) is 41.5 Å². The molecule has 1 saturated carbocycles. The minimum Gasteiger partial charge on any atom is -0.382 e. The van der Waals surface area contributed by atoms with E-state index in [0.717, 1.165) is 5.57 Å². The van der Waals surface area contributed by atoms with Crippen molar-refractivity contribution in [1.29, 1.82) is 0 Å². The molecule has 4 rings (SSSR count). The summed E-state index contributed by atoms with van der Waals surface area (Å²) in [6, 6.07) is 0. The molecule has 0 spiro atoms. The average molecular weight is 304 g/mol. The second-order valence-corrected chi connectivity index (χ2v) is 8.11. The van der Waals surface area contributed by atoms with E-state index < -0.39 is 33.9 Å². The molecular formula is C18H24O4. The zero-order valence-electron chi connectivity index (χ0n) is 14.0. The van der Waals surface area contributed by atoms with Gasteiger partial charge in [0, 0.05) is 17.3 Å². The van der Waals surface area contributed by atoms with Gasteiger partial charge < -0.3 is 10.2 Å². The monoisotopic (exact) mass is 304 g/mol. The lowest BCUT2D eigenvalue weighted by atomic mass is 9.37. The average Bonchev–Trinajstić information content (AvgIpc) is 2.37. The number of Topliss-reactive ketones (excluding diaryl/α,β-unsaturated/α-hetero) is 2. The van der Waals surface area contributed by atoms with Gasteiger partial charge in [0.2, 0.25) is 0 Å². The number of ketones is 2. The van der Waals surface area contributed by atoms with Gasteiger partial charge in [0.05, 0.1) is 5.41 Å². The summed E-state index contributed by atoms with van der Waals surface area (Å²) in [5.74, 6) is -1.64. The first kappa shape index (κ1) is 15.6. The van der Waals surface area contributed by atoms with E-state index in [1.165, 1.54) is 13.8 Å². The quantitative estimate of drug-likeness (QED) is 0.669. The molecule has 1 fully saturated rings. The van der Waals surface area contributed by atoms with Gasteiger partial charge in [-0.05, 0) is 40.2 Å². The molecule has 2 bridgehead atoms. The van der Waals surface area contributed by atoms with E-state index in [9.17, 15) is 19.8 Å². The maximum Gasteiger partial charge on any atom is 0.189 e. The minimum absolute atomic E-state index is 0.233. The molecular weight excluding hydrogens is 280 g/mol. The smallest absolute Gasteiger partial charge is 0.189 e. The molecule has 0 unspecified atom stereocenters. The Morgan fingerprint density at radius 1 is 0.955 bits per heavy atom. The zero-order chi connectivity index (χ0) is 16.9. The Labute approximate surface area is 130 Å². The van der Waals surface area contributed by atoms with Crippen molar-refractivity contribution in [3.63, 3.8) is 0 Å². The van der Waals surface area contributed by atoms with Crippen LogP contribution in [0.2, 0.25) is 0 Å². The van der Waals surface area contributed by atoms with Gasteiger partial charge in [-0.3, -0.25) is 9.59 Å². The van der Waals surface area contributed by atoms with Crippen molar-refractivity contribution in [2.24, 2.45) is 22.7 Å². The van der Waals surface area contributed by atoms with E-state index in [1.54, 1.807) is 6.92 Å². The summed E-state index contributed by atoms with van der Waals surface area (Å²) in [6.07, 6.45) is 3.76. The normalized spacial score (nSPS) is 54.0. The van der Waals surface area contributed by atoms with Gasteiger partial charge >= 0.3 is 0 Å². The SMILES string of the molecule is CC1=C[C@@]2(C)[C@@H]([C@@H]3C(C)=C[C@]2(C)C(=O)[C@@]3(C)O)[C@](C)(O)C1=O. The second kappa shape index (κ2) is 3.80. The summed E-state index contributed by atoms with van der Waals surface area (Å²) in [7, 11) is 0. The van der Waals surface area contributed by atoms with Crippen LogP contribution < -0.4 is 0 Å². The van der Waals surface area contributed by atoms with Crippen LogP contribution in [0.5, 0.6) is 0 Å². The maximum absolute atomic E-state index is 12.9. The van der Waals surface area contributed by atoms with Crippen LogP contribution in [0.4, 0.5) is 0 Å². The van der Waals surface area contributed by atoms with Crippen molar-refractivity contribution < 1.29 is 19.8 Å². The van der Waals surface area contributed by atoms with Crippen molar-refractivity contribution in [2.75, 3.05) is 0 Å². The third-order valence-electron chi connectivity index (χ3n) is 6.58. The molecule has 0 aliphatic heterocycles. The number of rotatable bonds is 0. The van der Waals surface area contributed by atoms with Crippen LogP contribution in [0.25, 0.3) is 0 Å². The molecule has 4 aliphatic rings. The highest BCUT2D eigenvalue weighted by molar-refractivity contribution is 6.05. The number of fused-ring (bicyclic) bond motifs is 1. The summed E-state index contributed by atoms with van der Waals surface area (Å²) >= 11 is 0. The molecule has 22 heavy (non-hydrogen) atoms. The van der Waals surface area contributed by atoms with Gasteiger partial charge in [0.15, 0.2) is 11.6 Å². The fourth-order valence-electron chi connectivity index (χ4n) is 5.58. The first-order chi connectivity index (χ1) is 9.82. The van der Waals surface area contributed by atoms with Crippen molar-refractivity contribution in [1.82, 2.24) is 0 Å². The molecule has 0 aromatic heterocycles. The molecule has 0 saturated heterocycles. The third kappa shape index (κ3) is 1.36. The molecule has 0 aromatic rings. The minimum atomic E-state index is -1.60. The first-order valence-corrected chi connectivity index (χ1v) is 7.75. The van der Waals surface area contributed by atoms with E-state index >= 15 is 0 Å². The fourth-order valence-corrected chi connectivity index (χ4v) is 5.58. The molecule has 4 heteroatoms. The summed E-state index contributed by atoms with van der Waals surface area (Å²) in [4.78, 5) is 25.5. The highest BCUT2D eigenvalue weighted by Gasteiger charge is 2.73. The third-order valence-corrected chi connectivity index (χ3v) is 6.58. The van der Waals surface area contributed by atoms with Crippen LogP contribution >= 0.6 is 0 Å². The van der Waals surface area contributed by atoms with E-state index in [-0.39, 0.29) is 11.6 Å². The lowest BCUT2D eigenvalue weighted by Gasteiger charge is -2.66. The Morgan fingerprint density at radius 3 is 2.05 bits per heavy atom. The molecule has 0 aromatic carbocycles. The molecule has 4 nitrogen and oxygen atoms in total. The van der Waals surface area contributed by atoms with Gasteiger partial charge in [0.25, 0.3) is 0 Å². The largest absolute Gasteiger partial charge is 0.382 e. The van der Waals surface area contributed by atoms with Crippen LogP contribution in [0, 0.1) is 22.7 Å². The Balaban J connectivity index is 2.41. The Hall–Kier alpha value is -1.26. The van der Waals surface area contributed by atoms with E-state index in [2.05, 4.69) is 0 Å². The molecule has 2 N–H and O–H groups in total. The first-order valence-electron chi connectivity index (χ1n) is 7.75. The Morgan fingerprint density at radius 2 is 1.50 bits per heavy atom. The van der Waals surface area contributed by atoms with Crippen molar-refractivity contribution >= 4 is 11.6 Å². The van der Waals surface area contributed by atoms with Crippen LogP contribution in [-0.4, -0.2) is 33.0 Å². The Bertz CT molecular complexity index is 667. The molecule has 4 aliphatic carbocycles. The lowest BCUT2D eigenvalue weighted by molar-refractivity contribution is -0.203. The Kier molecular flexibility index (Phi) is 2.70. The van der Waals surface area contributed by atoms with Crippen LogP contribution in [-0.2, 0) is 9.59 Å². The van der Waals surface area contributed by atoms with E-state index in [1.807, 2.05) is 32.9 Å². The van der Waals surface area contributed by atoms with Crippen LogP contribution in [0.3, 0.4) is 0 Å². The maximum atomic E-state index is 12.9. The predicted molar refractivity (Wildman–Crippen MR) is 82.0 cm³/mol. The molecule has 0 radical (unpaired) electrons. The topological polar surface area (TPSA) is 74.6 Å². The summed E-state index contributed by atoms with van der Waals surface area (Å²) in [5.41, 5.74) is -3.45. The number of allylic oxidation sites excluding steroid dienone is 2. The van der Waals surface area contributed by atoms with Gasteiger partial charge in [-0.1, -0.05) is 24.6 Å². The number of carbonyl (C=O) groups excluding carboxylic acids is 2. The fraction of sp³-hybridized carbons (Fsp3) is 0.667. The van der Waals surface area contributed by atoms with Crippen molar-refractivity contribution in [3.05, 3.63) is 23.3 Å². The molecule has 120 valence electrons. The van der Waals surface area contributed by atoms with Gasteiger partial charge in [-0.15, -0.1) is 0 Å². The number of hydrogen-bond acceptors (Lipinski definition) is 4. The standard InChI is InChI=1S/C18H24O4/c1-9-7-16(4)14(20)17(5,21)11(9)12-15(16,3)8-10(2)13(19)18(12,6)22/h7-8,11-12,21-22H,1-6H3/t11-,12+,15-,16+,17-,18-/m0/s1. The molecule has 0 amide bonds. The number of carbonyl (C=O) groups is 2. The van der Waals surface area contributed by atoms with E-state index in [4.69, 9.17) is 0 Å². The van der Waals surface area contributed by atoms with Gasteiger partial charge in [-0.2, -0.15) is 0 Å². The highest BCUT2D eigenvalue weighted by Crippen LogP contribution is 2.67. The number of hydrogen-bond donors (Lipinski definition) is 2. The van der Waals surface area contributed by atoms with Crippen molar-refractivity contribution in [2.45, 2.75) is 52.7 Å². The molecule has 6 atom stereocenters. The van der Waals surface area contributed by atoms with Gasteiger partial charge in [-0.25, -0.2) is 0 Å². The van der Waals surface area contributed by atoms with Gasteiger partial charge in [0.1, 0.15) is 11.2 Å². The van der Waals surface area contributed by atoms with E-state index in [0.29, 0.717) is 5.57 Å². The van der Waals surface area contributed by atoms with Crippen molar-refractivity contribution in [3.8, 4) is 0 Å². The lowest BCUT2D eigenvalue weighted by Crippen LogP contribution is -2.74. The summed E-state index contributed by atoms with van der Waals surface area (Å²) in [6.45, 7) is 10.3. The molecule has 0 heterocycles. The zero-order valence-corrected chi connectivity index (χ0v) is 14.0. The number of aliphatic hydroxyl groups is 2. The summed E-state index contributed by atoms with van der Waals surface area (Å²) in [5, 5.41) is 21.9.